The Morgan fingerprint density at radius 2 is 1.76 bits per heavy atom. The quantitative estimate of drug-likeness (QED) is 0.262. The molecule has 1 N–H and O–H groups in total. The summed E-state index contributed by atoms with van der Waals surface area (Å²) in [6.45, 7) is 2.53. The molecular weight excluding hydrogens is 589 g/mol. The minimum absolute atomic E-state index is 0.0289. The van der Waals surface area contributed by atoms with Gasteiger partial charge < -0.3 is 19.2 Å². The number of para-hydroxylation sites is 1. The molecule has 4 aromatic rings. The summed E-state index contributed by atoms with van der Waals surface area (Å²) < 4.78 is 53.3. The Morgan fingerprint density at radius 1 is 1.03 bits per heavy atom. The van der Waals surface area contributed by atoms with Gasteiger partial charge in [-0.25, -0.2) is 0 Å². The van der Waals surface area contributed by atoms with Gasteiger partial charge in [0.25, 0.3) is 5.76 Å². The Kier molecular flexibility index (Phi) is 7.30. The van der Waals surface area contributed by atoms with E-state index in [2.05, 4.69) is 20.8 Å². The number of anilines is 1. The van der Waals surface area contributed by atoms with E-state index in [-0.39, 0.29) is 34.6 Å². The monoisotopic (exact) mass is 608 g/mol. The Balaban J connectivity index is 1.49. The summed E-state index contributed by atoms with van der Waals surface area (Å²) in [5.41, 5.74) is -0.224. The van der Waals surface area contributed by atoms with Crippen molar-refractivity contribution in [2.75, 3.05) is 31.1 Å². The Morgan fingerprint density at radius 3 is 2.45 bits per heavy atom. The van der Waals surface area contributed by atoms with Crippen molar-refractivity contribution in [3.8, 4) is 17.2 Å². The average molecular weight is 610 g/mol. The first kappa shape index (κ1) is 26.4. The van der Waals surface area contributed by atoms with E-state index in [1.807, 2.05) is 23.1 Å². The zero-order valence-electron chi connectivity index (χ0n) is 19.8. The number of aromatic hydroxyl groups is 1. The fraction of sp³-hybridized carbons (Fsp3) is 0.222. The summed E-state index contributed by atoms with van der Waals surface area (Å²) in [6.07, 6.45) is -5.02. The van der Waals surface area contributed by atoms with Gasteiger partial charge in [-0.1, -0.05) is 29.8 Å². The molecule has 0 aliphatic carbocycles. The maximum atomic E-state index is 14.1. The summed E-state index contributed by atoms with van der Waals surface area (Å²) in [5, 5.41) is 11.1. The highest BCUT2D eigenvalue weighted by Gasteiger charge is 2.41. The summed E-state index contributed by atoms with van der Waals surface area (Å²) in [5.74, 6) is -2.77. The molecule has 1 saturated heterocycles. The fourth-order valence-corrected chi connectivity index (χ4v) is 4.97. The predicted octanol–water partition coefficient (Wildman–Crippen LogP) is 7.05. The first-order valence-corrected chi connectivity index (χ1v) is 12.8. The number of hydrogen-bond acceptors (Lipinski definition) is 6. The van der Waals surface area contributed by atoms with Gasteiger partial charge in [-0.2, -0.15) is 13.2 Å². The normalized spacial score (nSPS) is 14.7. The number of alkyl halides is 3. The van der Waals surface area contributed by atoms with Gasteiger partial charge in [-0.05, 0) is 58.4 Å². The van der Waals surface area contributed by atoms with Crippen molar-refractivity contribution >= 4 is 44.2 Å². The lowest BCUT2D eigenvalue weighted by Crippen LogP contribution is -2.46. The van der Waals surface area contributed by atoms with Gasteiger partial charge in [0, 0.05) is 43.4 Å². The van der Waals surface area contributed by atoms with E-state index in [0.717, 1.165) is 5.69 Å². The molecule has 1 aromatic heterocycles. The number of nitrogens with zero attached hydrogens (tertiary/aromatic N) is 2. The summed E-state index contributed by atoms with van der Waals surface area (Å²) in [7, 11) is 0. The number of halogens is 5. The van der Waals surface area contributed by atoms with Crippen molar-refractivity contribution in [3.05, 3.63) is 91.7 Å². The van der Waals surface area contributed by atoms with Gasteiger partial charge >= 0.3 is 6.18 Å². The third-order valence-corrected chi connectivity index (χ3v) is 7.22. The molecule has 1 aliphatic rings. The molecule has 0 amide bonds. The van der Waals surface area contributed by atoms with Crippen LogP contribution in [-0.2, 0) is 12.7 Å². The number of hydrogen-bond donors (Lipinski definition) is 1. The number of phenolic OH excluding ortho intramolecular Hbond substituents is 1. The smallest absolute Gasteiger partial charge is 0.453 e. The lowest BCUT2D eigenvalue weighted by molar-refractivity contribution is -0.154. The number of phenols is 1. The molecule has 3 aromatic carbocycles. The van der Waals surface area contributed by atoms with E-state index >= 15 is 0 Å². The van der Waals surface area contributed by atoms with Crippen molar-refractivity contribution in [2.24, 2.45) is 0 Å². The lowest BCUT2D eigenvalue weighted by Gasteiger charge is -2.36. The van der Waals surface area contributed by atoms with Gasteiger partial charge in [0.15, 0.2) is 0 Å². The van der Waals surface area contributed by atoms with Crippen LogP contribution in [0.3, 0.4) is 0 Å². The zero-order valence-corrected chi connectivity index (χ0v) is 22.1. The van der Waals surface area contributed by atoms with Crippen LogP contribution in [0.25, 0.3) is 11.0 Å². The van der Waals surface area contributed by atoms with Crippen LogP contribution in [0.5, 0.6) is 17.2 Å². The van der Waals surface area contributed by atoms with Gasteiger partial charge in [0.1, 0.15) is 17.1 Å². The van der Waals surface area contributed by atoms with Gasteiger partial charge in [-0.3, -0.25) is 9.69 Å². The highest BCUT2D eigenvalue weighted by molar-refractivity contribution is 9.10. The van der Waals surface area contributed by atoms with Gasteiger partial charge in [0.2, 0.25) is 11.2 Å². The summed E-state index contributed by atoms with van der Waals surface area (Å²) in [6, 6.07) is 16.2. The van der Waals surface area contributed by atoms with Crippen molar-refractivity contribution in [1.82, 2.24) is 4.90 Å². The summed E-state index contributed by atoms with van der Waals surface area (Å²) >= 11 is 9.32. The highest BCUT2D eigenvalue weighted by atomic mass is 79.9. The highest BCUT2D eigenvalue weighted by Crippen LogP contribution is 2.41. The predicted molar refractivity (Wildman–Crippen MR) is 142 cm³/mol. The summed E-state index contributed by atoms with van der Waals surface area (Å²) in [4.78, 5) is 17.4. The van der Waals surface area contributed by atoms with E-state index in [1.54, 1.807) is 24.3 Å². The second kappa shape index (κ2) is 10.5. The number of benzene rings is 3. The van der Waals surface area contributed by atoms with E-state index < -0.39 is 23.1 Å². The van der Waals surface area contributed by atoms with Crippen LogP contribution in [0.2, 0.25) is 5.02 Å². The molecule has 11 heteroatoms. The zero-order chi connectivity index (χ0) is 27.0. The maximum Gasteiger partial charge on any atom is 0.453 e. The average Bonchev–Trinajstić information content (AvgIpc) is 2.88. The molecule has 5 rings (SSSR count). The molecular formula is C27H21BrClF3N2O4. The molecule has 2 heterocycles. The van der Waals surface area contributed by atoms with Crippen LogP contribution >= 0.6 is 27.5 Å². The number of rotatable bonds is 5. The molecule has 198 valence electrons. The van der Waals surface area contributed by atoms with Crippen LogP contribution in [-0.4, -0.2) is 36.2 Å². The van der Waals surface area contributed by atoms with Crippen molar-refractivity contribution in [1.29, 1.82) is 0 Å². The van der Waals surface area contributed by atoms with Crippen LogP contribution in [0, 0.1) is 0 Å². The molecule has 0 spiro atoms. The Labute approximate surface area is 228 Å². The molecule has 0 radical (unpaired) electrons. The van der Waals surface area contributed by atoms with E-state index in [0.29, 0.717) is 35.7 Å². The van der Waals surface area contributed by atoms with Crippen molar-refractivity contribution < 1.29 is 27.4 Å². The van der Waals surface area contributed by atoms with Crippen molar-refractivity contribution in [3.63, 3.8) is 0 Å². The first-order valence-electron chi connectivity index (χ1n) is 11.7. The van der Waals surface area contributed by atoms with Crippen LogP contribution in [0.4, 0.5) is 18.9 Å². The molecule has 0 saturated carbocycles. The third-order valence-electron chi connectivity index (χ3n) is 6.33. The first-order chi connectivity index (χ1) is 18.1. The van der Waals surface area contributed by atoms with Gasteiger partial charge in [-0.15, -0.1) is 0 Å². The fourth-order valence-electron chi connectivity index (χ4n) is 4.42. The maximum absolute atomic E-state index is 14.1. The second-order valence-electron chi connectivity index (χ2n) is 8.80. The Bertz CT molecular complexity index is 1550. The standard InChI is InChI=1S/C27H21BrClF3N2O4/c28-20-6-1-2-7-22(20)37-25-23(36)18-8-9-21(35)19(24(18)38-26(25)27(30,31)32)15-33-10-12-34(13-11-33)17-5-3-4-16(29)14-17/h1-9,14,35H,10-13,15H2. The SMILES string of the molecule is O=c1c(Oc2ccccc2Br)c(C(F)(F)F)oc2c(CN3CCN(c4cccc(Cl)c4)CC3)c(O)ccc12. The second-order valence-corrected chi connectivity index (χ2v) is 10.1. The molecule has 0 atom stereocenters. The largest absolute Gasteiger partial charge is 0.507 e. The molecule has 1 aliphatic heterocycles. The van der Waals surface area contributed by atoms with Crippen molar-refractivity contribution in [2.45, 2.75) is 12.7 Å². The topological polar surface area (TPSA) is 66.2 Å². The Hall–Kier alpha value is -3.21. The molecule has 1 fully saturated rings. The van der Waals surface area contributed by atoms with E-state index in [1.165, 1.54) is 18.2 Å². The molecule has 6 nitrogen and oxygen atoms in total. The minimum atomic E-state index is -5.02. The molecule has 0 unspecified atom stereocenters. The van der Waals surface area contributed by atoms with Crippen LogP contribution in [0.15, 0.2) is 74.3 Å². The van der Waals surface area contributed by atoms with Gasteiger partial charge in [0.05, 0.1) is 15.4 Å². The van der Waals surface area contributed by atoms with E-state index in [9.17, 15) is 23.1 Å². The lowest BCUT2D eigenvalue weighted by atomic mass is 10.1. The molecule has 38 heavy (non-hydrogen) atoms. The number of piperazine rings is 1. The minimum Gasteiger partial charge on any atom is -0.507 e. The third kappa shape index (κ3) is 5.34. The van der Waals surface area contributed by atoms with Crippen LogP contribution < -0.4 is 15.1 Å². The number of fused-ring (bicyclic) bond motifs is 1. The number of ether oxygens (including phenoxy) is 1. The molecule has 0 bridgehead atoms. The van der Waals surface area contributed by atoms with E-state index in [4.69, 9.17) is 20.8 Å². The van der Waals surface area contributed by atoms with Crippen LogP contribution in [0.1, 0.15) is 11.3 Å².